The number of benzene rings is 1. The van der Waals surface area contributed by atoms with Crippen LogP contribution in [-0.2, 0) is 22.7 Å². The van der Waals surface area contributed by atoms with Crippen LogP contribution in [0.25, 0.3) is 0 Å². The van der Waals surface area contributed by atoms with Crippen molar-refractivity contribution in [3.05, 3.63) is 46.3 Å². The zero-order chi connectivity index (χ0) is 19.0. The minimum absolute atomic E-state index is 0.00178. The van der Waals surface area contributed by atoms with Crippen molar-refractivity contribution in [3.63, 3.8) is 0 Å². The van der Waals surface area contributed by atoms with Crippen molar-refractivity contribution in [1.29, 1.82) is 0 Å². The number of nitrogens with one attached hydrogen (secondary N) is 1. The number of hydrogen-bond donors (Lipinski definition) is 1. The van der Waals surface area contributed by atoms with E-state index < -0.39 is 21.9 Å². The number of halogens is 3. The minimum Gasteiger partial charge on any atom is -0.271 e. The van der Waals surface area contributed by atoms with Gasteiger partial charge in [-0.1, -0.05) is 6.07 Å². The van der Waals surface area contributed by atoms with Crippen LogP contribution in [0.15, 0.2) is 23.2 Å². The Balaban J connectivity index is 2.14. The van der Waals surface area contributed by atoms with Gasteiger partial charge in [-0.25, -0.2) is 13.1 Å². The van der Waals surface area contributed by atoms with E-state index in [1.54, 1.807) is 13.8 Å². The number of nitrogens with zero attached hydrogens (tertiary/aromatic N) is 2. The molecule has 0 spiro atoms. The third-order valence-electron chi connectivity index (χ3n) is 4.13. The molecule has 0 unspecified atom stereocenters. The maximum Gasteiger partial charge on any atom is 0.435 e. The Morgan fingerprint density at radius 2 is 1.68 bits per heavy atom. The maximum absolute atomic E-state index is 12.6. The highest BCUT2D eigenvalue weighted by Gasteiger charge is 2.33. The first-order valence-corrected chi connectivity index (χ1v) is 9.09. The zero-order valence-electron chi connectivity index (χ0n) is 14.4. The minimum atomic E-state index is -4.52. The predicted molar refractivity (Wildman–Crippen MR) is 87.8 cm³/mol. The van der Waals surface area contributed by atoms with Gasteiger partial charge in [0.25, 0.3) is 0 Å². The molecule has 0 fully saturated rings. The number of aryl methyl sites for hydroxylation is 2. The van der Waals surface area contributed by atoms with Crippen molar-refractivity contribution in [3.8, 4) is 0 Å². The van der Waals surface area contributed by atoms with E-state index in [2.05, 4.69) is 9.82 Å². The average Bonchev–Trinajstić information content (AvgIpc) is 2.94. The molecule has 0 aliphatic rings. The molecule has 0 aliphatic heterocycles. The van der Waals surface area contributed by atoms with Gasteiger partial charge in [-0.15, -0.1) is 0 Å². The summed E-state index contributed by atoms with van der Waals surface area (Å²) in [6, 6.07) is 2.78. The Bertz CT molecular complexity index is 861. The summed E-state index contributed by atoms with van der Waals surface area (Å²) in [4.78, 5) is 0.224. The van der Waals surface area contributed by atoms with E-state index in [0.29, 0.717) is 11.1 Å². The smallest absolute Gasteiger partial charge is 0.271 e. The Hall–Kier alpha value is -1.87. The Morgan fingerprint density at radius 1 is 1.12 bits per heavy atom. The van der Waals surface area contributed by atoms with Gasteiger partial charge in [-0.05, 0) is 56.0 Å². The summed E-state index contributed by atoms with van der Waals surface area (Å²) >= 11 is 0. The Morgan fingerprint density at radius 3 is 2.16 bits per heavy atom. The molecular weight excluding hydrogens is 355 g/mol. The van der Waals surface area contributed by atoms with Crippen molar-refractivity contribution in [1.82, 2.24) is 14.5 Å². The molecule has 1 aromatic heterocycles. The van der Waals surface area contributed by atoms with Crippen LogP contribution in [-0.4, -0.2) is 24.7 Å². The third kappa shape index (κ3) is 4.21. The summed E-state index contributed by atoms with van der Waals surface area (Å²) in [5.74, 6) is 0. The average molecular weight is 375 g/mol. The number of hydrogen-bond acceptors (Lipinski definition) is 3. The van der Waals surface area contributed by atoms with E-state index in [-0.39, 0.29) is 18.0 Å². The van der Waals surface area contributed by atoms with Crippen LogP contribution in [0.2, 0.25) is 0 Å². The Labute approximate surface area is 144 Å². The number of aromatic nitrogens is 2. The van der Waals surface area contributed by atoms with Crippen molar-refractivity contribution in [2.24, 2.45) is 0 Å². The summed E-state index contributed by atoms with van der Waals surface area (Å²) in [7, 11) is -3.77. The van der Waals surface area contributed by atoms with Crippen LogP contribution in [0.5, 0.6) is 0 Å². The molecule has 9 heteroatoms. The van der Waals surface area contributed by atoms with Crippen LogP contribution in [0, 0.1) is 27.7 Å². The fourth-order valence-electron chi connectivity index (χ4n) is 2.59. The van der Waals surface area contributed by atoms with E-state index in [1.807, 2.05) is 19.9 Å². The van der Waals surface area contributed by atoms with Crippen LogP contribution < -0.4 is 4.72 Å². The molecule has 1 heterocycles. The van der Waals surface area contributed by atoms with Crippen molar-refractivity contribution in [2.75, 3.05) is 6.54 Å². The Kier molecular flexibility index (Phi) is 5.29. The van der Waals surface area contributed by atoms with Gasteiger partial charge in [0.15, 0.2) is 5.69 Å². The van der Waals surface area contributed by atoms with Crippen LogP contribution in [0.4, 0.5) is 13.2 Å². The van der Waals surface area contributed by atoms with Gasteiger partial charge in [-0.3, -0.25) is 4.68 Å². The van der Waals surface area contributed by atoms with E-state index >= 15 is 0 Å². The quantitative estimate of drug-likeness (QED) is 0.873. The largest absolute Gasteiger partial charge is 0.435 e. The van der Waals surface area contributed by atoms with Crippen LogP contribution in [0.3, 0.4) is 0 Å². The molecule has 1 N–H and O–H groups in total. The van der Waals surface area contributed by atoms with E-state index in [0.717, 1.165) is 21.9 Å². The highest BCUT2D eigenvalue weighted by Crippen LogP contribution is 2.27. The summed E-state index contributed by atoms with van der Waals surface area (Å²) in [6.07, 6.45) is -3.34. The van der Waals surface area contributed by atoms with E-state index in [1.165, 1.54) is 6.20 Å². The highest BCUT2D eigenvalue weighted by molar-refractivity contribution is 7.89. The number of rotatable bonds is 5. The molecule has 0 radical (unpaired) electrons. The lowest BCUT2D eigenvalue weighted by molar-refractivity contribution is -0.141. The molecule has 1 aromatic carbocycles. The van der Waals surface area contributed by atoms with E-state index in [9.17, 15) is 21.6 Å². The maximum atomic E-state index is 12.6. The topological polar surface area (TPSA) is 64.0 Å². The number of alkyl halides is 3. The molecule has 138 valence electrons. The van der Waals surface area contributed by atoms with Gasteiger partial charge in [0.2, 0.25) is 10.0 Å². The lowest BCUT2D eigenvalue weighted by Crippen LogP contribution is -2.29. The lowest BCUT2D eigenvalue weighted by Gasteiger charge is -2.16. The second kappa shape index (κ2) is 6.80. The SMILES string of the molecule is Cc1cc(C)c(C)c(S(=O)(=O)NCCn2ccc(C(F)(F)F)n2)c1C. The van der Waals surface area contributed by atoms with Crippen molar-refractivity contribution < 1.29 is 21.6 Å². The molecule has 5 nitrogen and oxygen atoms in total. The van der Waals surface area contributed by atoms with E-state index in [4.69, 9.17) is 0 Å². The second-order valence-corrected chi connectivity index (χ2v) is 7.65. The molecular formula is C16H20F3N3O2S. The number of sulfonamides is 1. The first kappa shape index (κ1) is 19.5. The molecule has 2 rings (SSSR count). The summed E-state index contributed by atoms with van der Waals surface area (Å²) < 4.78 is 66.3. The summed E-state index contributed by atoms with van der Waals surface area (Å²) in [5, 5.41) is 3.39. The summed E-state index contributed by atoms with van der Waals surface area (Å²) in [5.41, 5.74) is 2.05. The monoisotopic (exact) mass is 375 g/mol. The van der Waals surface area contributed by atoms with Gasteiger partial charge in [0, 0.05) is 12.7 Å². The van der Waals surface area contributed by atoms with Gasteiger partial charge >= 0.3 is 6.18 Å². The fraction of sp³-hybridized carbons (Fsp3) is 0.438. The molecule has 2 aromatic rings. The third-order valence-corrected chi connectivity index (χ3v) is 5.86. The first-order valence-electron chi connectivity index (χ1n) is 7.61. The molecule has 25 heavy (non-hydrogen) atoms. The molecule has 0 atom stereocenters. The molecule has 0 bridgehead atoms. The molecule has 0 aliphatic carbocycles. The van der Waals surface area contributed by atoms with Crippen LogP contribution >= 0.6 is 0 Å². The molecule has 0 saturated carbocycles. The van der Waals surface area contributed by atoms with Gasteiger partial charge in [0.05, 0.1) is 11.4 Å². The fourth-order valence-corrected chi connectivity index (χ4v) is 4.22. The van der Waals surface area contributed by atoms with Gasteiger partial charge < -0.3 is 0 Å². The standard InChI is InChI=1S/C16H20F3N3O2S/c1-10-9-11(2)13(4)15(12(10)3)25(23,24)20-6-8-22-7-5-14(21-22)16(17,18)19/h5,7,9,20H,6,8H2,1-4H3. The normalized spacial score (nSPS) is 12.6. The van der Waals surface area contributed by atoms with Crippen molar-refractivity contribution in [2.45, 2.75) is 45.3 Å². The first-order chi connectivity index (χ1) is 11.4. The molecule has 0 amide bonds. The molecule has 0 saturated heterocycles. The van der Waals surface area contributed by atoms with Gasteiger partial charge in [-0.2, -0.15) is 18.3 Å². The zero-order valence-corrected chi connectivity index (χ0v) is 15.2. The lowest BCUT2D eigenvalue weighted by atomic mass is 10.0. The second-order valence-electron chi connectivity index (χ2n) is 5.95. The van der Waals surface area contributed by atoms with Crippen molar-refractivity contribution >= 4 is 10.0 Å². The van der Waals surface area contributed by atoms with Crippen LogP contribution in [0.1, 0.15) is 27.9 Å². The highest BCUT2D eigenvalue weighted by atomic mass is 32.2. The van der Waals surface area contributed by atoms with Gasteiger partial charge in [0.1, 0.15) is 0 Å². The summed E-state index contributed by atoms with van der Waals surface area (Å²) in [6.45, 7) is 7.08. The predicted octanol–water partition coefficient (Wildman–Crippen LogP) is 3.11.